The molecule has 0 heterocycles. The summed E-state index contributed by atoms with van der Waals surface area (Å²) >= 11 is 5.81. The number of halogens is 1. The molecule has 0 unspecified atom stereocenters. The number of ether oxygens (including phenoxy) is 1. The molecule has 0 saturated heterocycles. The van der Waals surface area contributed by atoms with Crippen molar-refractivity contribution in [1.82, 2.24) is 10.0 Å². The van der Waals surface area contributed by atoms with Gasteiger partial charge in [0.05, 0.1) is 10.5 Å². The number of carbonyl (C=O) groups excluding carboxylic acids is 2. The summed E-state index contributed by atoms with van der Waals surface area (Å²) in [7, 11) is -3.81. The molecule has 0 bridgehead atoms. The van der Waals surface area contributed by atoms with Crippen LogP contribution in [-0.2, 0) is 26.1 Å². The Morgan fingerprint density at radius 1 is 1.07 bits per heavy atom. The average Bonchev–Trinajstić information content (AvgIpc) is 2.64. The third-order valence-corrected chi connectivity index (χ3v) is 5.92. The fourth-order valence-electron chi connectivity index (χ4n) is 2.51. The van der Waals surface area contributed by atoms with E-state index in [0.717, 1.165) is 5.56 Å². The molecule has 30 heavy (non-hydrogen) atoms. The van der Waals surface area contributed by atoms with Gasteiger partial charge >= 0.3 is 5.97 Å². The highest BCUT2D eigenvalue weighted by Crippen LogP contribution is 2.18. The smallest absolute Gasteiger partial charge is 0.338 e. The minimum absolute atomic E-state index is 0.0536. The number of hydrogen-bond donors (Lipinski definition) is 2. The predicted molar refractivity (Wildman–Crippen MR) is 115 cm³/mol. The zero-order valence-corrected chi connectivity index (χ0v) is 18.9. The fraction of sp³-hybridized carbons (Fsp3) is 0.333. The van der Waals surface area contributed by atoms with Crippen molar-refractivity contribution in [3.05, 3.63) is 64.2 Å². The van der Waals surface area contributed by atoms with E-state index in [1.165, 1.54) is 18.2 Å². The van der Waals surface area contributed by atoms with Crippen LogP contribution in [0.1, 0.15) is 42.3 Å². The zero-order valence-electron chi connectivity index (χ0n) is 17.3. The molecular weight excluding hydrogens is 428 g/mol. The maximum atomic E-state index is 12.5. The van der Waals surface area contributed by atoms with Crippen molar-refractivity contribution in [3.63, 3.8) is 0 Å². The molecule has 2 N–H and O–H groups in total. The van der Waals surface area contributed by atoms with Gasteiger partial charge in [0.1, 0.15) is 0 Å². The molecular formula is C21H25ClN2O5S. The summed E-state index contributed by atoms with van der Waals surface area (Å²) in [6.07, 6.45) is 0. The van der Waals surface area contributed by atoms with Gasteiger partial charge in [-0.3, -0.25) is 4.79 Å². The lowest BCUT2D eigenvalue weighted by Crippen LogP contribution is -2.40. The Morgan fingerprint density at radius 2 is 1.70 bits per heavy atom. The van der Waals surface area contributed by atoms with Crippen LogP contribution in [0.4, 0.5) is 0 Å². The number of rotatable bonds is 7. The van der Waals surface area contributed by atoms with E-state index in [-0.39, 0.29) is 17.0 Å². The Labute approximate surface area is 181 Å². The van der Waals surface area contributed by atoms with Gasteiger partial charge < -0.3 is 10.1 Å². The van der Waals surface area contributed by atoms with E-state index in [1.54, 1.807) is 52.0 Å². The number of aryl methyl sites for hydroxylation is 1. The highest BCUT2D eigenvalue weighted by molar-refractivity contribution is 7.89. The molecule has 0 aromatic heterocycles. The van der Waals surface area contributed by atoms with E-state index in [0.29, 0.717) is 10.6 Å². The van der Waals surface area contributed by atoms with Crippen molar-refractivity contribution in [2.45, 2.75) is 44.7 Å². The van der Waals surface area contributed by atoms with Gasteiger partial charge in [-0.05, 0) is 63.1 Å². The normalized spacial score (nSPS) is 11.8. The standard InChI is InChI=1S/C21H25ClN2O5S/c1-14-5-10-17(30(27,28)24-21(2,3)4)11-18(14)20(26)29-13-19(25)23-12-15-6-8-16(22)9-7-15/h5-11,24H,12-13H2,1-4H3,(H,23,25). The Kier molecular flexibility index (Phi) is 7.63. The molecule has 2 rings (SSSR count). The fourth-order valence-corrected chi connectivity index (χ4v) is 4.08. The van der Waals surface area contributed by atoms with Crippen molar-refractivity contribution >= 4 is 33.5 Å². The number of nitrogens with one attached hydrogen (secondary N) is 2. The van der Waals surface area contributed by atoms with Crippen LogP contribution in [0.25, 0.3) is 0 Å². The van der Waals surface area contributed by atoms with Gasteiger partial charge in [0.15, 0.2) is 6.61 Å². The molecule has 9 heteroatoms. The van der Waals surface area contributed by atoms with E-state index in [9.17, 15) is 18.0 Å². The van der Waals surface area contributed by atoms with Crippen molar-refractivity contribution in [2.75, 3.05) is 6.61 Å². The predicted octanol–water partition coefficient (Wildman–Crippen LogP) is 3.20. The minimum Gasteiger partial charge on any atom is -0.452 e. The quantitative estimate of drug-likeness (QED) is 0.628. The van der Waals surface area contributed by atoms with Crippen LogP contribution in [0.3, 0.4) is 0 Å². The summed E-state index contributed by atoms with van der Waals surface area (Å²) in [4.78, 5) is 24.3. The maximum absolute atomic E-state index is 12.5. The Morgan fingerprint density at radius 3 is 2.30 bits per heavy atom. The van der Waals surface area contributed by atoms with E-state index in [1.807, 2.05) is 0 Å². The molecule has 0 atom stereocenters. The average molecular weight is 453 g/mol. The van der Waals surface area contributed by atoms with Gasteiger partial charge in [0.25, 0.3) is 5.91 Å². The highest BCUT2D eigenvalue weighted by Gasteiger charge is 2.24. The summed E-state index contributed by atoms with van der Waals surface area (Å²) < 4.78 is 32.6. The first-order valence-electron chi connectivity index (χ1n) is 9.20. The van der Waals surface area contributed by atoms with Crippen molar-refractivity contribution in [3.8, 4) is 0 Å². The molecule has 0 aliphatic rings. The van der Waals surface area contributed by atoms with Crippen LogP contribution in [0.5, 0.6) is 0 Å². The summed E-state index contributed by atoms with van der Waals surface area (Å²) in [5, 5.41) is 3.23. The van der Waals surface area contributed by atoms with Crippen LogP contribution >= 0.6 is 11.6 Å². The molecule has 0 radical (unpaired) electrons. The molecule has 2 aromatic rings. The van der Waals surface area contributed by atoms with Crippen molar-refractivity contribution in [1.29, 1.82) is 0 Å². The zero-order chi connectivity index (χ0) is 22.5. The number of amides is 1. The number of sulfonamides is 1. The third kappa shape index (κ3) is 7.12. The summed E-state index contributed by atoms with van der Waals surface area (Å²) in [5.41, 5.74) is 0.791. The minimum atomic E-state index is -3.81. The maximum Gasteiger partial charge on any atom is 0.338 e. The van der Waals surface area contributed by atoms with Gasteiger partial charge in [0.2, 0.25) is 10.0 Å². The summed E-state index contributed by atoms with van der Waals surface area (Å²) in [6, 6.07) is 11.2. The molecule has 0 aliphatic carbocycles. The lowest BCUT2D eigenvalue weighted by Gasteiger charge is -2.20. The monoisotopic (exact) mass is 452 g/mol. The third-order valence-electron chi connectivity index (χ3n) is 3.92. The largest absolute Gasteiger partial charge is 0.452 e. The van der Waals surface area contributed by atoms with Crippen LogP contribution in [0.2, 0.25) is 5.02 Å². The Hall–Kier alpha value is -2.42. The highest BCUT2D eigenvalue weighted by atomic mass is 35.5. The first-order chi connectivity index (χ1) is 13.9. The second-order valence-corrected chi connectivity index (χ2v) is 9.93. The van der Waals surface area contributed by atoms with Crippen LogP contribution in [0, 0.1) is 6.92 Å². The number of benzene rings is 2. The van der Waals surface area contributed by atoms with Gasteiger partial charge in [0, 0.05) is 17.1 Å². The second-order valence-electron chi connectivity index (χ2n) is 7.81. The number of esters is 1. The van der Waals surface area contributed by atoms with Gasteiger partial charge in [-0.15, -0.1) is 0 Å². The van der Waals surface area contributed by atoms with Crippen molar-refractivity contribution < 1.29 is 22.7 Å². The second kappa shape index (κ2) is 9.59. The van der Waals surface area contributed by atoms with E-state index in [2.05, 4.69) is 10.0 Å². The molecule has 0 spiro atoms. The van der Waals surface area contributed by atoms with Gasteiger partial charge in [-0.25, -0.2) is 17.9 Å². The molecule has 0 aliphatic heterocycles. The van der Waals surface area contributed by atoms with Crippen LogP contribution in [-0.4, -0.2) is 32.4 Å². The molecule has 162 valence electrons. The van der Waals surface area contributed by atoms with E-state index < -0.39 is 34.0 Å². The lowest BCUT2D eigenvalue weighted by atomic mass is 10.1. The first kappa shape index (κ1) is 23.9. The topological polar surface area (TPSA) is 102 Å². The van der Waals surface area contributed by atoms with E-state index >= 15 is 0 Å². The van der Waals surface area contributed by atoms with Crippen LogP contribution < -0.4 is 10.0 Å². The molecule has 2 aromatic carbocycles. The van der Waals surface area contributed by atoms with Gasteiger partial charge in [-0.1, -0.05) is 29.8 Å². The first-order valence-corrected chi connectivity index (χ1v) is 11.1. The molecule has 7 nitrogen and oxygen atoms in total. The Bertz CT molecular complexity index is 1030. The van der Waals surface area contributed by atoms with Crippen LogP contribution in [0.15, 0.2) is 47.4 Å². The van der Waals surface area contributed by atoms with Gasteiger partial charge in [-0.2, -0.15) is 0 Å². The van der Waals surface area contributed by atoms with E-state index in [4.69, 9.17) is 16.3 Å². The SMILES string of the molecule is Cc1ccc(S(=O)(=O)NC(C)(C)C)cc1C(=O)OCC(=O)NCc1ccc(Cl)cc1. The molecule has 0 fully saturated rings. The number of carbonyl (C=O) groups is 2. The lowest BCUT2D eigenvalue weighted by molar-refractivity contribution is -0.124. The van der Waals surface area contributed by atoms with Crippen molar-refractivity contribution in [2.24, 2.45) is 0 Å². The Balaban J connectivity index is 2.00. The number of hydrogen-bond acceptors (Lipinski definition) is 5. The summed E-state index contributed by atoms with van der Waals surface area (Å²) in [6.45, 7) is 6.59. The molecule has 0 saturated carbocycles. The molecule has 1 amide bonds. The summed E-state index contributed by atoms with van der Waals surface area (Å²) in [5.74, 6) is -1.25.